The summed E-state index contributed by atoms with van der Waals surface area (Å²) >= 11 is 0. The molecule has 1 unspecified atom stereocenters. The molecule has 0 saturated carbocycles. The molecule has 0 saturated heterocycles. The third-order valence-electron chi connectivity index (χ3n) is 3.50. The van der Waals surface area contributed by atoms with Crippen molar-refractivity contribution in [2.45, 2.75) is 6.10 Å². The summed E-state index contributed by atoms with van der Waals surface area (Å²) in [5, 5.41) is 10.3. The van der Waals surface area contributed by atoms with Crippen LogP contribution in [-0.4, -0.2) is 43.9 Å². The molecular weight excluding hydrogens is 310 g/mol. The zero-order chi connectivity index (χ0) is 17.5. The number of nitrogens with zero attached hydrogens (tertiary/aromatic N) is 1. The molecule has 1 N–H and O–H groups in total. The number of carbonyl (C=O) groups excluding carboxylic acids is 1. The number of amides is 1. The van der Waals surface area contributed by atoms with Gasteiger partial charge in [0.1, 0.15) is 5.75 Å². The van der Waals surface area contributed by atoms with E-state index < -0.39 is 12.2 Å². The summed E-state index contributed by atoms with van der Waals surface area (Å²) < 4.78 is 15.6. The average molecular weight is 331 g/mol. The third kappa shape index (κ3) is 4.39. The lowest BCUT2D eigenvalue weighted by atomic mass is 10.1. The highest BCUT2D eigenvalue weighted by atomic mass is 16.6. The normalized spacial score (nSPS) is 11.5. The molecule has 0 fully saturated rings. The lowest BCUT2D eigenvalue weighted by Crippen LogP contribution is -2.33. The minimum Gasteiger partial charge on any atom is -0.493 e. The smallest absolute Gasteiger partial charge is 0.415 e. The summed E-state index contributed by atoms with van der Waals surface area (Å²) in [6.07, 6.45) is -1.42. The van der Waals surface area contributed by atoms with E-state index in [1.807, 2.05) is 6.07 Å². The maximum atomic E-state index is 12.1. The first-order valence-electron chi connectivity index (χ1n) is 7.43. The molecule has 2 aromatic rings. The summed E-state index contributed by atoms with van der Waals surface area (Å²) in [6.45, 7) is 0.0845. The number of methoxy groups -OCH3 is 2. The second-order valence-electron chi connectivity index (χ2n) is 5.19. The Morgan fingerprint density at radius 2 is 1.75 bits per heavy atom. The standard InChI is InChI=1S/C18H21NO5/c1-19(18(21)24-14-7-5-4-6-8-14)12-15(20)13-9-10-16(22-2)17(11-13)23-3/h4-11,15,20H,12H2,1-3H3. The second kappa shape index (κ2) is 8.21. The average Bonchev–Trinajstić information content (AvgIpc) is 2.61. The highest BCUT2D eigenvalue weighted by Crippen LogP contribution is 2.30. The fourth-order valence-electron chi connectivity index (χ4n) is 2.17. The Labute approximate surface area is 141 Å². The van der Waals surface area contributed by atoms with E-state index in [2.05, 4.69) is 0 Å². The van der Waals surface area contributed by atoms with Crippen molar-refractivity contribution in [2.24, 2.45) is 0 Å². The third-order valence-corrected chi connectivity index (χ3v) is 3.50. The van der Waals surface area contributed by atoms with Crippen molar-refractivity contribution in [2.75, 3.05) is 27.8 Å². The van der Waals surface area contributed by atoms with Crippen molar-refractivity contribution in [1.82, 2.24) is 4.90 Å². The van der Waals surface area contributed by atoms with Crippen LogP contribution in [0.3, 0.4) is 0 Å². The summed E-state index contributed by atoms with van der Waals surface area (Å²) in [5.41, 5.74) is 0.618. The summed E-state index contributed by atoms with van der Waals surface area (Å²) in [6, 6.07) is 13.9. The Kier molecular flexibility index (Phi) is 6.03. The van der Waals surface area contributed by atoms with Gasteiger partial charge in [0, 0.05) is 7.05 Å². The number of aliphatic hydroxyl groups is 1. The van der Waals surface area contributed by atoms with Crippen LogP contribution in [0.25, 0.3) is 0 Å². The lowest BCUT2D eigenvalue weighted by molar-refractivity contribution is 0.112. The van der Waals surface area contributed by atoms with E-state index in [-0.39, 0.29) is 6.54 Å². The zero-order valence-electron chi connectivity index (χ0n) is 13.9. The van der Waals surface area contributed by atoms with Crippen LogP contribution in [0.5, 0.6) is 17.2 Å². The number of rotatable bonds is 6. The monoisotopic (exact) mass is 331 g/mol. The minimum atomic E-state index is -0.877. The molecule has 0 aliphatic rings. The Morgan fingerprint density at radius 3 is 2.38 bits per heavy atom. The van der Waals surface area contributed by atoms with Crippen LogP contribution in [0.1, 0.15) is 11.7 Å². The molecule has 0 heterocycles. The molecule has 2 aromatic carbocycles. The molecule has 0 radical (unpaired) electrons. The second-order valence-corrected chi connectivity index (χ2v) is 5.19. The Morgan fingerprint density at radius 1 is 1.08 bits per heavy atom. The Hall–Kier alpha value is -2.73. The number of benzene rings is 2. The number of hydrogen-bond donors (Lipinski definition) is 1. The van der Waals surface area contributed by atoms with Crippen molar-refractivity contribution in [1.29, 1.82) is 0 Å². The molecule has 24 heavy (non-hydrogen) atoms. The van der Waals surface area contributed by atoms with Crippen molar-refractivity contribution in [3.8, 4) is 17.2 Å². The van der Waals surface area contributed by atoms with Crippen LogP contribution in [0.15, 0.2) is 48.5 Å². The van der Waals surface area contributed by atoms with Gasteiger partial charge in [-0.1, -0.05) is 24.3 Å². The van der Waals surface area contributed by atoms with Gasteiger partial charge in [0.2, 0.25) is 0 Å². The van der Waals surface area contributed by atoms with Crippen LogP contribution >= 0.6 is 0 Å². The number of hydrogen-bond acceptors (Lipinski definition) is 5. The molecule has 128 valence electrons. The molecule has 0 aliphatic heterocycles. The predicted octanol–water partition coefficient (Wildman–Crippen LogP) is 2.87. The number of aliphatic hydroxyl groups excluding tert-OH is 1. The maximum Gasteiger partial charge on any atom is 0.415 e. The van der Waals surface area contributed by atoms with Gasteiger partial charge in [0.05, 0.1) is 26.9 Å². The van der Waals surface area contributed by atoms with E-state index >= 15 is 0 Å². The summed E-state index contributed by atoms with van der Waals surface area (Å²) in [4.78, 5) is 13.4. The first-order valence-corrected chi connectivity index (χ1v) is 7.43. The van der Waals surface area contributed by atoms with Gasteiger partial charge in [0.25, 0.3) is 0 Å². The number of likely N-dealkylation sites (N-methyl/N-ethyl adjacent to an activating group) is 1. The van der Waals surface area contributed by atoms with Gasteiger partial charge in [0.15, 0.2) is 11.5 Å². The fraction of sp³-hybridized carbons (Fsp3) is 0.278. The van der Waals surface area contributed by atoms with Crippen LogP contribution in [0.2, 0.25) is 0 Å². The SMILES string of the molecule is COc1ccc(C(O)CN(C)C(=O)Oc2ccccc2)cc1OC. The molecule has 0 aliphatic carbocycles. The van der Waals surface area contributed by atoms with E-state index in [1.54, 1.807) is 56.6 Å². The first-order chi connectivity index (χ1) is 11.5. The van der Waals surface area contributed by atoms with E-state index in [9.17, 15) is 9.90 Å². The van der Waals surface area contributed by atoms with E-state index in [0.29, 0.717) is 22.8 Å². The fourth-order valence-corrected chi connectivity index (χ4v) is 2.17. The highest BCUT2D eigenvalue weighted by Gasteiger charge is 2.18. The molecule has 1 amide bonds. The molecule has 0 bridgehead atoms. The summed E-state index contributed by atoms with van der Waals surface area (Å²) in [5.74, 6) is 1.55. The lowest BCUT2D eigenvalue weighted by Gasteiger charge is -2.21. The molecule has 6 heteroatoms. The maximum absolute atomic E-state index is 12.1. The van der Waals surface area contributed by atoms with Gasteiger partial charge in [-0.05, 0) is 29.8 Å². The van der Waals surface area contributed by atoms with Crippen LogP contribution in [0.4, 0.5) is 4.79 Å². The number of para-hydroxylation sites is 1. The first kappa shape index (κ1) is 17.6. The van der Waals surface area contributed by atoms with Gasteiger partial charge in [-0.15, -0.1) is 0 Å². The van der Waals surface area contributed by atoms with E-state index in [4.69, 9.17) is 14.2 Å². The van der Waals surface area contributed by atoms with Crippen LogP contribution in [-0.2, 0) is 0 Å². The number of ether oxygens (including phenoxy) is 3. The Bertz CT molecular complexity index is 674. The molecule has 0 aromatic heterocycles. The van der Waals surface area contributed by atoms with Crippen molar-refractivity contribution >= 4 is 6.09 Å². The van der Waals surface area contributed by atoms with Gasteiger partial charge in [-0.3, -0.25) is 0 Å². The topological polar surface area (TPSA) is 68.2 Å². The number of carbonyl (C=O) groups is 1. The minimum absolute atomic E-state index is 0.0845. The highest BCUT2D eigenvalue weighted by molar-refractivity contribution is 5.70. The van der Waals surface area contributed by atoms with Crippen LogP contribution in [0, 0.1) is 0 Å². The zero-order valence-corrected chi connectivity index (χ0v) is 13.9. The quantitative estimate of drug-likeness (QED) is 0.881. The van der Waals surface area contributed by atoms with E-state index in [1.165, 1.54) is 12.0 Å². The predicted molar refractivity (Wildman–Crippen MR) is 89.6 cm³/mol. The molecule has 1 atom stereocenters. The van der Waals surface area contributed by atoms with E-state index in [0.717, 1.165) is 0 Å². The molecule has 0 spiro atoms. The summed E-state index contributed by atoms with van der Waals surface area (Å²) in [7, 11) is 4.63. The molecular formula is C18H21NO5. The molecule has 6 nitrogen and oxygen atoms in total. The van der Waals surface area contributed by atoms with Gasteiger partial charge in [-0.25, -0.2) is 4.79 Å². The van der Waals surface area contributed by atoms with Gasteiger partial charge in [-0.2, -0.15) is 0 Å². The van der Waals surface area contributed by atoms with Crippen molar-refractivity contribution in [3.63, 3.8) is 0 Å². The van der Waals surface area contributed by atoms with Crippen LogP contribution < -0.4 is 14.2 Å². The largest absolute Gasteiger partial charge is 0.493 e. The molecule has 2 rings (SSSR count). The van der Waals surface area contributed by atoms with Crippen molar-refractivity contribution < 1.29 is 24.1 Å². The van der Waals surface area contributed by atoms with Gasteiger partial charge >= 0.3 is 6.09 Å². The Balaban J connectivity index is 2.00. The van der Waals surface area contributed by atoms with Crippen molar-refractivity contribution in [3.05, 3.63) is 54.1 Å². The van der Waals surface area contributed by atoms with Gasteiger partial charge < -0.3 is 24.2 Å².